The summed E-state index contributed by atoms with van der Waals surface area (Å²) in [7, 11) is 0. The van der Waals surface area contributed by atoms with Crippen molar-refractivity contribution < 1.29 is 37.3 Å². The molecule has 2 rings (SSSR count). The quantitative estimate of drug-likeness (QED) is 0.548. The largest absolute Gasteiger partial charge is 0.449 e. The standard InChI is InChI=1S/C14H21F5O3/c1-3-8-7-5-10(9(8)4-2)11(20,6-7)12(15,16)13(21,22)14(17,18)19/h7-10,20-22H,3-6H2,1-2H3. The first kappa shape index (κ1) is 17.9. The van der Waals surface area contributed by atoms with Crippen molar-refractivity contribution in [3.63, 3.8) is 0 Å². The molecule has 0 aromatic rings. The first-order valence-corrected chi connectivity index (χ1v) is 7.46. The summed E-state index contributed by atoms with van der Waals surface area (Å²) < 4.78 is 66.5. The number of alkyl halides is 5. The maximum atomic E-state index is 14.3. The highest BCUT2D eigenvalue weighted by Crippen LogP contribution is 2.65. The molecule has 5 atom stereocenters. The molecule has 0 radical (unpaired) electrons. The molecule has 130 valence electrons. The van der Waals surface area contributed by atoms with Gasteiger partial charge in [0.15, 0.2) is 0 Å². The Bertz CT molecular complexity index is 437. The maximum Gasteiger partial charge on any atom is 0.449 e. The summed E-state index contributed by atoms with van der Waals surface area (Å²) in [5.41, 5.74) is -3.05. The van der Waals surface area contributed by atoms with Crippen LogP contribution in [0.2, 0.25) is 0 Å². The van der Waals surface area contributed by atoms with Crippen LogP contribution in [-0.2, 0) is 0 Å². The molecule has 3 nitrogen and oxygen atoms in total. The van der Waals surface area contributed by atoms with Crippen molar-refractivity contribution >= 4 is 0 Å². The topological polar surface area (TPSA) is 60.7 Å². The minimum absolute atomic E-state index is 0.0729. The van der Waals surface area contributed by atoms with Crippen molar-refractivity contribution in [1.82, 2.24) is 0 Å². The predicted molar refractivity (Wildman–Crippen MR) is 66.9 cm³/mol. The van der Waals surface area contributed by atoms with Crippen molar-refractivity contribution in [2.75, 3.05) is 0 Å². The molecule has 0 heterocycles. The van der Waals surface area contributed by atoms with E-state index in [4.69, 9.17) is 10.2 Å². The summed E-state index contributed by atoms with van der Waals surface area (Å²) >= 11 is 0. The van der Waals surface area contributed by atoms with Gasteiger partial charge in [0.25, 0.3) is 0 Å². The molecule has 0 saturated heterocycles. The molecule has 0 amide bonds. The highest BCUT2D eigenvalue weighted by atomic mass is 19.4. The Kier molecular flexibility index (Phi) is 4.07. The van der Waals surface area contributed by atoms with Crippen LogP contribution in [0.15, 0.2) is 0 Å². The Morgan fingerprint density at radius 2 is 1.50 bits per heavy atom. The number of hydrogen-bond donors (Lipinski definition) is 3. The number of fused-ring (bicyclic) bond motifs is 2. The molecule has 0 aliphatic heterocycles. The van der Waals surface area contributed by atoms with E-state index in [0.717, 1.165) is 0 Å². The molecule has 2 aliphatic carbocycles. The molecular weight excluding hydrogens is 311 g/mol. The molecule has 22 heavy (non-hydrogen) atoms. The Morgan fingerprint density at radius 3 is 1.91 bits per heavy atom. The fourth-order valence-corrected chi connectivity index (χ4v) is 4.72. The molecule has 5 unspecified atom stereocenters. The Hall–Kier alpha value is -0.470. The molecule has 0 spiro atoms. The first-order chi connectivity index (χ1) is 9.85. The van der Waals surface area contributed by atoms with Gasteiger partial charge in [-0.25, -0.2) is 0 Å². The zero-order chi connectivity index (χ0) is 17.1. The van der Waals surface area contributed by atoms with Crippen molar-refractivity contribution in [1.29, 1.82) is 0 Å². The zero-order valence-electron chi connectivity index (χ0n) is 12.4. The van der Waals surface area contributed by atoms with Gasteiger partial charge in [-0.05, 0) is 36.5 Å². The lowest BCUT2D eigenvalue weighted by Gasteiger charge is -2.48. The average molecular weight is 332 g/mol. The van der Waals surface area contributed by atoms with Crippen LogP contribution in [0.3, 0.4) is 0 Å². The van der Waals surface area contributed by atoms with E-state index < -0.39 is 35.8 Å². The van der Waals surface area contributed by atoms with E-state index >= 15 is 0 Å². The summed E-state index contributed by atoms with van der Waals surface area (Å²) in [6.45, 7) is 3.62. The number of rotatable bonds is 4. The number of halogens is 5. The van der Waals surface area contributed by atoms with Gasteiger partial charge in [-0.3, -0.25) is 0 Å². The third-order valence-electron chi connectivity index (χ3n) is 5.74. The van der Waals surface area contributed by atoms with Gasteiger partial charge in [0, 0.05) is 0 Å². The Morgan fingerprint density at radius 1 is 1.00 bits per heavy atom. The molecule has 2 saturated carbocycles. The number of hydrogen-bond acceptors (Lipinski definition) is 3. The Balaban J connectivity index is 2.41. The van der Waals surface area contributed by atoms with E-state index in [1.807, 2.05) is 6.92 Å². The maximum absolute atomic E-state index is 14.3. The molecule has 2 bridgehead atoms. The van der Waals surface area contributed by atoms with Crippen molar-refractivity contribution in [2.45, 2.75) is 63.0 Å². The molecule has 2 aliphatic rings. The SMILES string of the molecule is CCC1C2CC(C1CC)C(O)(C(F)(F)C(O)(O)C(F)(F)F)C2. The summed E-state index contributed by atoms with van der Waals surface area (Å²) in [6, 6.07) is 0. The lowest BCUT2D eigenvalue weighted by molar-refractivity contribution is -0.447. The van der Waals surface area contributed by atoms with Gasteiger partial charge in [-0.15, -0.1) is 0 Å². The van der Waals surface area contributed by atoms with E-state index in [9.17, 15) is 27.1 Å². The van der Waals surface area contributed by atoms with Crippen molar-refractivity contribution in [3.8, 4) is 0 Å². The first-order valence-electron chi connectivity index (χ1n) is 7.46. The monoisotopic (exact) mass is 332 g/mol. The van der Waals surface area contributed by atoms with Gasteiger partial charge >= 0.3 is 17.9 Å². The molecule has 0 aromatic heterocycles. The fourth-order valence-electron chi connectivity index (χ4n) is 4.72. The fraction of sp³-hybridized carbons (Fsp3) is 1.00. The van der Waals surface area contributed by atoms with Crippen LogP contribution in [0.4, 0.5) is 22.0 Å². The van der Waals surface area contributed by atoms with Gasteiger partial charge < -0.3 is 15.3 Å². The van der Waals surface area contributed by atoms with Crippen LogP contribution in [0.25, 0.3) is 0 Å². The van der Waals surface area contributed by atoms with Crippen molar-refractivity contribution in [3.05, 3.63) is 0 Å². The lowest BCUT2D eigenvalue weighted by Crippen LogP contribution is -2.70. The van der Waals surface area contributed by atoms with E-state index in [1.54, 1.807) is 6.92 Å². The van der Waals surface area contributed by atoms with E-state index in [-0.39, 0.29) is 24.2 Å². The minimum atomic E-state index is -5.96. The van der Waals surface area contributed by atoms with Crippen LogP contribution in [0.1, 0.15) is 39.5 Å². The second-order valence-corrected chi connectivity index (χ2v) is 6.62. The molecule has 3 N–H and O–H groups in total. The predicted octanol–water partition coefficient (Wildman–Crippen LogP) is 2.69. The normalized spacial score (nSPS) is 39.5. The van der Waals surface area contributed by atoms with Crippen LogP contribution >= 0.6 is 0 Å². The molecule has 8 heteroatoms. The van der Waals surface area contributed by atoms with Crippen LogP contribution < -0.4 is 0 Å². The second kappa shape index (κ2) is 5.01. The van der Waals surface area contributed by atoms with E-state index in [2.05, 4.69) is 0 Å². The van der Waals surface area contributed by atoms with E-state index in [1.165, 1.54) is 0 Å². The molecular formula is C14H21F5O3. The summed E-state index contributed by atoms with van der Waals surface area (Å²) in [6.07, 6.45) is -5.16. The van der Waals surface area contributed by atoms with Gasteiger partial charge in [-0.2, -0.15) is 22.0 Å². The highest BCUT2D eigenvalue weighted by Gasteiger charge is 2.80. The molecule has 0 aromatic carbocycles. The minimum Gasteiger partial charge on any atom is -0.383 e. The summed E-state index contributed by atoms with van der Waals surface area (Å²) in [5, 5.41) is 28.4. The summed E-state index contributed by atoms with van der Waals surface area (Å²) in [5.74, 6) is -12.0. The number of aliphatic hydroxyl groups is 3. The van der Waals surface area contributed by atoms with Crippen LogP contribution in [-0.4, -0.2) is 38.8 Å². The van der Waals surface area contributed by atoms with Gasteiger partial charge in [0.05, 0.1) is 0 Å². The van der Waals surface area contributed by atoms with Crippen LogP contribution in [0.5, 0.6) is 0 Å². The molecule has 2 fully saturated rings. The lowest BCUT2D eigenvalue weighted by atomic mass is 9.66. The van der Waals surface area contributed by atoms with Crippen molar-refractivity contribution in [2.24, 2.45) is 23.7 Å². The third kappa shape index (κ3) is 2.03. The average Bonchev–Trinajstić information content (AvgIpc) is 2.91. The Labute approximate surface area is 125 Å². The summed E-state index contributed by atoms with van der Waals surface area (Å²) in [4.78, 5) is 0. The van der Waals surface area contributed by atoms with E-state index in [0.29, 0.717) is 12.8 Å². The van der Waals surface area contributed by atoms with Gasteiger partial charge in [0.2, 0.25) is 0 Å². The van der Waals surface area contributed by atoms with Gasteiger partial charge in [0.1, 0.15) is 5.60 Å². The van der Waals surface area contributed by atoms with Gasteiger partial charge in [-0.1, -0.05) is 26.7 Å². The van der Waals surface area contributed by atoms with Crippen LogP contribution in [0, 0.1) is 23.7 Å². The smallest absolute Gasteiger partial charge is 0.383 e. The third-order valence-corrected chi connectivity index (χ3v) is 5.74. The highest BCUT2D eigenvalue weighted by molar-refractivity contribution is 5.17. The zero-order valence-corrected chi connectivity index (χ0v) is 12.4. The second-order valence-electron chi connectivity index (χ2n) is 6.62.